The standard InChI is InChI=1S/C15H21NO/c1-16-15(14-8-5-9-17-14)13-10-12(13)11-6-3-2-4-7-11/h2-4,6-7,12-16H,5,8-10H2,1H3. The third kappa shape index (κ3) is 2.24. The van der Waals surface area contributed by atoms with E-state index in [1.807, 2.05) is 0 Å². The van der Waals surface area contributed by atoms with Gasteiger partial charge in [0.15, 0.2) is 0 Å². The normalized spacial score (nSPS) is 33.6. The molecule has 3 rings (SSSR count). The Morgan fingerprint density at radius 1 is 1.29 bits per heavy atom. The van der Waals surface area contributed by atoms with E-state index in [1.165, 1.54) is 24.8 Å². The van der Waals surface area contributed by atoms with Crippen molar-refractivity contribution in [1.82, 2.24) is 5.32 Å². The molecule has 17 heavy (non-hydrogen) atoms. The zero-order valence-corrected chi connectivity index (χ0v) is 10.4. The molecule has 2 heteroatoms. The van der Waals surface area contributed by atoms with Crippen LogP contribution in [0.15, 0.2) is 30.3 Å². The third-order valence-corrected chi connectivity index (χ3v) is 4.23. The SMILES string of the molecule is CNC(C1CCCO1)C1CC1c1ccccc1. The lowest BCUT2D eigenvalue weighted by Crippen LogP contribution is -2.39. The van der Waals surface area contributed by atoms with E-state index in [2.05, 4.69) is 42.7 Å². The third-order valence-electron chi connectivity index (χ3n) is 4.23. The second-order valence-electron chi connectivity index (χ2n) is 5.28. The molecule has 1 aromatic rings. The molecule has 1 heterocycles. The number of benzene rings is 1. The molecular formula is C15H21NO. The zero-order valence-electron chi connectivity index (χ0n) is 10.4. The molecule has 2 nitrogen and oxygen atoms in total. The summed E-state index contributed by atoms with van der Waals surface area (Å²) in [5.41, 5.74) is 1.50. The molecule has 1 N–H and O–H groups in total. The first-order valence-corrected chi connectivity index (χ1v) is 6.74. The molecule has 0 amide bonds. The number of rotatable bonds is 4. The van der Waals surface area contributed by atoms with Gasteiger partial charge in [-0.15, -0.1) is 0 Å². The molecule has 1 aliphatic heterocycles. The van der Waals surface area contributed by atoms with Crippen LogP contribution in [0.5, 0.6) is 0 Å². The van der Waals surface area contributed by atoms with Gasteiger partial charge in [-0.3, -0.25) is 0 Å². The summed E-state index contributed by atoms with van der Waals surface area (Å²) in [5.74, 6) is 1.52. The van der Waals surface area contributed by atoms with Crippen molar-refractivity contribution < 1.29 is 4.74 Å². The Hall–Kier alpha value is -0.860. The largest absolute Gasteiger partial charge is 0.377 e. The van der Waals surface area contributed by atoms with Crippen LogP contribution in [-0.2, 0) is 4.74 Å². The van der Waals surface area contributed by atoms with Crippen LogP contribution in [0.2, 0.25) is 0 Å². The van der Waals surface area contributed by atoms with Gasteiger partial charge in [0.25, 0.3) is 0 Å². The first-order valence-electron chi connectivity index (χ1n) is 6.74. The highest BCUT2D eigenvalue weighted by Crippen LogP contribution is 2.50. The van der Waals surface area contributed by atoms with Crippen LogP contribution < -0.4 is 5.32 Å². The Morgan fingerprint density at radius 3 is 2.76 bits per heavy atom. The highest BCUT2D eigenvalue weighted by Gasteiger charge is 2.46. The first kappa shape index (κ1) is 11.2. The molecular weight excluding hydrogens is 210 g/mol. The minimum absolute atomic E-state index is 0.443. The first-order chi connectivity index (χ1) is 8.40. The van der Waals surface area contributed by atoms with Crippen molar-refractivity contribution in [2.45, 2.75) is 37.3 Å². The Bertz CT molecular complexity index is 358. The zero-order chi connectivity index (χ0) is 11.7. The van der Waals surface area contributed by atoms with Crippen molar-refractivity contribution in [3.63, 3.8) is 0 Å². The van der Waals surface area contributed by atoms with Crippen molar-refractivity contribution in [2.75, 3.05) is 13.7 Å². The summed E-state index contributed by atoms with van der Waals surface area (Å²) in [6, 6.07) is 11.4. The molecule has 0 radical (unpaired) electrons. The number of ether oxygens (including phenoxy) is 1. The van der Waals surface area contributed by atoms with Gasteiger partial charge >= 0.3 is 0 Å². The van der Waals surface area contributed by atoms with Gasteiger partial charge in [-0.2, -0.15) is 0 Å². The number of nitrogens with one attached hydrogen (secondary N) is 1. The van der Waals surface area contributed by atoms with Crippen molar-refractivity contribution in [2.24, 2.45) is 5.92 Å². The van der Waals surface area contributed by atoms with E-state index in [0.717, 1.165) is 18.4 Å². The maximum Gasteiger partial charge on any atom is 0.0731 e. The second-order valence-corrected chi connectivity index (χ2v) is 5.28. The molecule has 0 aromatic heterocycles. The van der Waals surface area contributed by atoms with Gasteiger partial charge in [-0.25, -0.2) is 0 Å². The number of likely N-dealkylation sites (N-methyl/N-ethyl adjacent to an activating group) is 1. The summed E-state index contributed by atoms with van der Waals surface area (Å²) in [6.07, 6.45) is 4.21. The van der Waals surface area contributed by atoms with E-state index in [1.54, 1.807) is 0 Å². The maximum absolute atomic E-state index is 5.83. The molecule has 1 saturated carbocycles. The average Bonchev–Trinajstić information content (AvgIpc) is 2.97. The fraction of sp³-hybridized carbons (Fsp3) is 0.600. The molecule has 0 bridgehead atoms. The maximum atomic E-state index is 5.83. The van der Waals surface area contributed by atoms with Crippen LogP contribution in [0.3, 0.4) is 0 Å². The topological polar surface area (TPSA) is 21.3 Å². The molecule has 4 atom stereocenters. The van der Waals surface area contributed by atoms with Gasteiger partial charge in [-0.05, 0) is 43.7 Å². The molecule has 1 aromatic carbocycles. The summed E-state index contributed by atoms with van der Waals surface area (Å²) >= 11 is 0. The van der Waals surface area contributed by atoms with Crippen molar-refractivity contribution in [3.8, 4) is 0 Å². The molecule has 92 valence electrons. The summed E-state index contributed by atoms with van der Waals surface area (Å²) in [7, 11) is 2.08. The smallest absolute Gasteiger partial charge is 0.0731 e. The highest BCUT2D eigenvalue weighted by atomic mass is 16.5. The predicted molar refractivity (Wildman–Crippen MR) is 69.1 cm³/mol. The van der Waals surface area contributed by atoms with Gasteiger partial charge in [0.1, 0.15) is 0 Å². The molecule has 1 aliphatic carbocycles. The van der Waals surface area contributed by atoms with E-state index < -0.39 is 0 Å². The molecule has 4 unspecified atom stereocenters. The fourth-order valence-electron chi connectivity index (χ4n) is 3.26. The molecule has 2 fully saturated rings. The highest BCUT2D eigenvalue weighted by molar-refractivity contribution is 5.27. The summed E-state index contributed by atoms with van der Waals surface area (Å²) in [4.78, 5) is 0. The minimum atomic E-state index is 0.443. The van der Waals surface area contributed by atoms with E-state index in [-0.39, 0.29) is 0 Å². The van der Waals surface area contributed by atoms with E-state index in [0.29, 0.717) is 12.1 Å². The van der Waals surface area contributed by atoms with Gasteiger partial charge < -0.3 is 10.1 Å². The fourth-order valence-corrected chi connectivity index (χ4v) is 3.26. The van der Waals surface area contributed by atoms with Crippen LogP contribution in [0, 0.1) is 5.92 Å². The van der Waals surface area contributed by atoms with Crippen LogP contribution in [0.1, 0.15) is 30.7 Å². The van der Waals surface area contributed by atoms with Crippen LogP contribution >= 0.6 is 0 Å². The van der Waals surface area contributed by atoms with Crippen LogP contribution in [0.4, 0.5) is 0 Å². The summed E-state index contributed by atoms with van der Waals surface area (Å²) in [5, 5.41) is 3.48. The van der Waals surface area contributed by atoms with E-state index in [9.17, 15) is 0 Å². The van der Waals surface area contributed by atoms with Crippen LogP contribution in [-0.4, -0.2) is 25.8 Å². The Labute approximate surface area is 103 Å². The Kier molecular flexibility index (Phi) is 3.17. The van der Waals surface area contributed by atoms with Gasteiger partial charge in [0.05, 0.1) is 6.10 Å². The van der Waals surface area contributed by atoms with Crippen molar-refractivity contribution in [3.05, 3.63) is 35.9 Å². The van der Waals surface area contributed by atoms with Gasteiger partial charge in [-0.1, -0.05) is 30.3 Å². The van der Waals surface area contributed by atoms with Crippen molar-refractivity contribution in [1.29, 1.82) is 0 Å². The average molecular weight is 231 g/mol. The second kappa shape index (κ2) is 4.79. The van der Waals surface area contributed by atoms with Crippen LogP contribution in [0.25, 0.3) is 0 Å². The van der Waals surface area contributed by atoms with Gasteiger partial charge in [0.2, 0.25) is 0 Å². The molecule has 2 aliphatic rings. The van der Waals surface area contributed by atoms with Crippen molar-refractivity contribution >= 4 is 0 Å². The van der Waals surface area contributed by atoms with E-state index in [4.69, 9.17) is 4.74 Å². The minimum Gasteiger partial charge on any atom is -0.377 e. The number of hydrogen-bond donors (Lipinski definition) is 1. The summed E-state index contributed by atoms with van der Waals surface area (Å²) in [6.45, 7) is 0.950. The lowest BCUT2D eigenvalue weighted by Gasteiger charge is -2.22. The lowest BCUT2D eigenvalue weighted by molar-refractivity contribution is 0.0733. The summed E-state index contributed by atoms with van der Waals surface area (Å²) < 4.78 is 5.83. The monoisotopic (exact) mass is 231 g/mol. The Morgan fingerprint density at radius 2 is 2.12 bits per heavy atom. The van der Waals surface area contributed by atoms with E-state index >= 15 is 0 Å². The molecule has 0 spiro atoms. The molecule has 1 saturated heterocycles. The quantitative estimate of drug-likeness (QED) is 0.860. The van der Waals surface area contributed by atoms with Gasteiger partial charge in [0, 0.05) is 12.6 Å². The Balaban J connectivity index is 1.66. The lowest BCUT2D eigenvalue weighted by atomic mass is 9.99. The number of hydrogen-bond acceptors (Lipinski definition) is 2. The predicted octanol–water partition coefficient (Wildman–Crippen LogP) is 2.56.